The molecule has 1 N–H and O–H groups in total. The largest absolute Gasteiger partial charge is 0.481 e. The molecule has 4 rings (SSSR count). The maximum absolute atomic E-state index is 12.9. The Morgan fingerprint density at radius 2 is 1.97 bits per heavy atom. The summed E-state index contributed by atoms with van der Waals surface area (Å²) in [6, 6.07) is 16.6. The fraction of sp³-hybridized carbons (Fsp3) is 0.292. The highest BCUT2D eigenvalue weighted by Gasteiger charge is 2.29. The summed E-state index contributed by atoms with van der Waals surface area (Å²) in [5, 5.41) is 3.20. The van der Waals surface area contributed by atoms with Crippen molar-refractivity contribution in [3.8, 4) is 17.4 Å². The number of ether oxygens (including phenoxy) is 3. The number of amides is 1. The van der Waals surface area contributed by atoms with Crippen LogP contribution in [-0.4, -0.2) is 42.8 Å². The number of benzene rings is 1. The number of pyridine rings is 2. The molecule has 3 heterocycles. The number of rotatable bonds is 8. The van der Waals surface area contributed by atoms with Gasteiger partial charge in [-0.3, -0.25) is 20.0 Å². The summed E-state index contributed by atoms with van der Waals surface area (Å²) in [6.45, 7) is 0.525. The maximum atomic E-state index is 12.9. The number of carbonyl (C=O) groups is 1. The zero-order valence-corrected chi connectivity index (χ0v) is 18.2. The van der Waals surface area contributed by atoms with E-state index in [4.69, 9.17) is 14.2 Å². The lowest BCUT2D eigenvalue weighted by atomic mass is 10.1. The molecule has 0 unspecified atom stereocenters. The van der Waals surface area contributed by atoms with Gasteiger partial charge < -0.3 is 14.2 Å². The van der Waals surface area contributed by atoms with Crippen molar-refractivity contribution in [2.75, 3.05) is 25.8 Å². The van der Waals surface area contributed by atoms with E-state index < -0.39 is 0 Å². The Hall–Kier alpha value is -3.49. The fourth-order valence-electron chi connectivity index (χ4n) is 3.55. The minimum atomic E-state index is -0.360. The fourth-order valence-corrected chi connectivity index (χ4v) is 3.55. The summed E-state index contributed by atoms with van der Waals surface area (Å²) >= 11 is 0. The second-order valence-electron chi connectivity index (χ2n) is 7.42. The van der Waals surface area contributed by atoms with Crippen LogP contribution in [0.15, 0.2) is 60.8 Å². The molecule has 0 spiro atoms. The molecule has 2 aromatic heterocycles. The summed E-state index contributed by atoms with van der Waals surface area (Å²) in [7, 11) is 3.30. The molecule has 32 heavy (non-hydrogen) atoms. The highest BCUT2D eigenvalue weighted by Crippen LogP contribution is 2.26. The average Bonchev–Trinajstić information content (AvgIpc) is 2.94. The zero-order chi connectivity index (χ0) is 22.3. The van der Waals surface area contributed by atoms with Crippen molar-refractivity contribution in [2.24, 2.45) is 0 Å². The maximum Gasteiger partial charge on any atom is 0.245 e. The number of anilines is 1. The number of hydrogen-bond donors (Lipinski definition) is 1. The van der Waals surface area contributed by atoms with Gasteiger partial charge in [0.25, 0.3) is 0 Å². The van der Waals surface area contributed by atoms with Gasteiger partial charge >= 0.3 is 0 Å². The smallest absolute Gasteiger partial charge is 0.245 e. The standard InChI is InChI=1S/C24H26N4O4/c1-28-23-17(9-11-22(27-23)30-2)8-10-21(24(28)29)26-16-31-15-18-14-20(12-13-25-18)32-19-6-4-3-5-7-19/h3-7,9,11-14,21,26H,8,10,15-16H2,1-2H3/t21-/m0/s1. The second-order valence-corrected chi connectivity index (χ2v) is 7.42. The second kappa shape index (κ2) is 10.2. The van der Waals surface area contributed by atoms with Crippen LogP contribution in [0, 0.1) is 0 Å². The van der Waals surface area contributed by atoms with Crippen LogP contribution in [0.5, 0.6) is 17.4 Å². The van der Waals surface area contributed by atoms with E-state index in [2.05, 4.69) is 15.3 Å². The average molecular weight is 434 g/mol. The molecular weight excluding hydrogens is 408 g/mol. The third kappa shape index (κ3) is 5.22. The van der Waals surface area contributed by atoms with Crippen LogP contribution in [0.25, 0.3) is 0 Å². The minimum Gasteiger partial charge on any atom is -0.481 e. The Morgan fingerprint density at radius 3 is 2.78 bits per heavy atom. The molecule has 1 aromatic carbocycles. The van der Waals surface area contributed by atoms with Crippen LogP contribution in [0.1, 0.15) is 17.7 Å². The van der Waals surface area contributed by atoms with E-state index in [-0.39, 0.29) is 18.7 Å². The van der Waals surface area contributed by atoms with E-state index in [0.717, 1.165) is 23.4 Å². The third-order valence-corrected chi connectivity index (χ3v) is 5.24. The Morgan fingerprint density at radius 1 is 1.12 bits per heavy atom. The first-order chi connectivity index (χ1) is 15.6. The van der Waals surface area contributed by atoms with E-state index in [1.54, 1.807) is 31.3 Å². The van der Waals surface area contributed by atoms with E-state index in [0.29, 0.717) is 30.5 Å². The summed E-state index contributed by atoms with van der Waals surface area (Å²) in [6.07, 6.45) is 3.08. The molecule has 0 fully saturated rings. The summed E-state index contributed by atoms with van der Waals surface area (Å²) in [5.74, 6) is 2.53. The molecule has 0 radical (unpaired) electrons. The monoisotopic (exact) mass is 434 g/mol. The van der Waals surface area contributed by atoms with Gasteiger partial charge in [0.2, 0.25) is 11.8 Å². The van der Waals surface area contributed by atoms with Crippen LogP contribution in [0.3, 0.4) is 0 Å². The number of fused-ring (bicyclic) bond motifs is 1. The SMILES string of the molecule is COc1ccc2c(n1)N(C)C(=O)[C@@H](NCOCc1cc(Oc3ccccc3)ccn1)CC2. The molecule has 8 nitrogen and oxygen atoms in total. The van der Waals surface area contributed by atoms with Gasteiger partial charge in [-0.25, -0.2) is 0 Å². The molecular formula is C24H26N4O4. The van der Waals surface area contributed by atoms with Gasteiger partial charge in [0.05, 0.1) is 32.2 Å². The highest BCUT2D eigenvalue weighted by molar-refractivity contribution is 5.97. The van der Waals surface area contributed by atoms with E-state index in [9.17, 15) is 4.79 Å². The zero-order valence-electron chi connectivity index (χ0n) is 18.2. The van der Waals surface area contributed by atoms with Crippen molar-refractivity contribution in [3.05, 3.63) is 72.1 Å². The molecule has 0 saturated carbocycles. The van der Waals surface area contributed by atoms with Crippen molar-refractivity contribution in [2.45, 2.75) is 25.5 Å². The van der Waals surface area contributed by atoms with Crippen LogP contribution in [0.4, 0.5) is 5.82 Å². The van der Waals surface area contributed by atoms with Gasteiger partial charge in [0, 0.05) is 25.4 Å². The minimum absolute atomic E-state index is 0.0514. The summed E-state index contributed by atoms with van der Waals surface area (Å²) in [5.41, 5.74) is 1.76. The Kier molecular flexibility index (Phi) is 6.94. The quantitative estimate of drug-likeness (QED) is 0.430. The third-order valence-electron chi connectivity index (χ3n) is 5.24. The van der Waals surface area contributed by atoms with Crippen LogP contribution in [-0.2, 0) is 22.6 Å². The number of hydrogen-bond acceptors (Lipinski definition) is 7. The molecule has 1 aliphatic rings. The highest BCUT2D eigenvalue weighted by atomic mass is 16.5. The Bertz CT molecular complexity index is 1060. The number of nitrogens with one attached hydrogen (secondary N) is 1. The van der Waals surface area contributed by atoms with E-state index in [1.165, 1.54) is 0 Å². The van der Waals surface area contributed by atoms with Crippen molar-refractivity contribution >= 4 is 11.7 Å². The van der Waals surface area contributed by atoms with Gasteiger partial charge in [0.15, 0.2) is 0 Å². The van der Waals surface area contributed by atoms with E-state index in [1.807, 2.05) is 48.5 Å². The topological polar surface area (TPSA) is 85.8 Å². The molecule has 166 valence electrons. The normalized spacial score (nSPS) is 15.8. The number of likely N-dealkylation sites (N-methyl/N-ethyl adjacent to an activating group) is 1. The first-order valence-corrected chi connectivity index (χ1v) is 10.4. The van der Waals surface area contributed by atoms with Crippen molar-refractivity contribution in [1.82, 2.24) is 15.3 Å². The van der Waals surface area contributed by atoms with Crippen LogP contribution >= 0.6 is 0 Å². The van der Waals surface area contributed by atoms with Crippen molar-refractivity contribution < 1.29 is 19.0 Å². The molecule has 0 saturated heterocycles. The van der Waals surface area contributed by atoms with Crippen LogP contribution < -0.4 is 19.7 Å². The number of para-hydroxylation sites is 1. The predicted octanol–water partition coefficient (Wildman–Crippen LogP) is 3.32. The van der Waals surface area contributed by atoms with Crippen molar-refractivity contribution in [1.29, 1.82) is 0 Å². The number of aromatic nitrogens is 2. The Labute approximate surface area is 187 Å². The lowest BCUT2D eigenvalue weighted by Gasteiger charge is -2.21. The molecule has 0 aliphatic carbocycles. The lowest BCUT2D eigenvalue weighted by Crippen LogP contribution is -2.45. The number of nitrogens with zero attached hydrogens (tertiary/aromatic N) is 3. The number of carbonyl (C=O) groups excluding carboxylic acids is 1. The number of aryl methyl sites for hydroxylation is 1. The molecule has 1 atom stereocenters. The molecule has 0 bridgehead atoms. The van der Waals surface area contributed by atoms with Crippen molar-refractivity contribution in [3.63, 3.8) is 0 Å². The number of methoxy groups -OCH3 is 1. The van der Waals surface area contributed by atoms with Crippen LogP contribution in [0.2, 0.25) is 0 Å². The molecule has 1 amide bonds. The molecule has 1 aliphatic heterocycles. The van der Waals surface area contributed by atoms with Gasteiger partial charge in [-0.1, -0.05) is 18.2 Å². The Balaban J connectivity index is 1.29. The first-order valence-electron chi connectivity index (χ1n) is 10.4. The summed E-state index contributed by atoms with van der Waals surface area (Å²) in [4.78, 5) is 23.2. The van der Waals surface area contributed by atoms with E-state index >= 15 is 0 Å². The van der Waals surface area contributed by atoms with Gasteiger partial charge in [-0.2, -0.15) is 4.98 Å². The van der Waals surface area contributed by atoms with Gasteiger partial charge in [-0.15, -0.1) is 0 Å². The molecule has 8 heteroatoms. The lowest BCUT2D eigenvalue weighted by molar-refractivity contribution is -0.121. The molecule has 3 aromatic rings. The van der Waals surface area contributed by atoms with Gasteiger partial charge in [0.1, 0.15) is 17.3 Å². The predicted molar refractivity (Wildman–Crippen MR) is 120 cm³/mol. The van der Waals surface area contributed by atoms with Gasteiger partial charge in [-0.05, 0) is 42.7 Å². The summed E-state index contributed by atoms with van der Waals surface area (Å²) < 4.78 is 16.8. The first kappa shape index (κ1) is 21.7.